The molecule has 0 radical (unpaired) electrons. The minimum atomic E-state index is -4.17. The number of rotatable bonds is 5. The molecule has 2 rings (SSSR count). The second-order valence-corrected chi connectivity index (χ2v) is 5.22. The van der Waals surface area contributed by atoms with Crippen LogP contribution in [0, 0.1) is 0 Å². The molecule has 2 nitrogen and oxygen atoms in total. The molecule has 1 unspecified atom stereocenters. The molecule has 0 bridgehead atoms. The molecular formula is C16H19F3N2. The van der Waals surface area contributed by atoms with E-state index in [1.54, 1.807) is 7.05 Å². The van der Waals surface area contributed by atoms with E-state index in [-0.39, 0.29) is 6.04 Å². The van der Waals surface area contributed by atoms with E-state index >= 15 is 0 Å². The van der Waals surface area contributed by atoms with Crippen molar-refractivity contribution in [2.24, 2.45) is 0 Å². The highest BCUT2D eigenvalue weighted by Crippen LogP contribution is 2.25. The second kappa shape index (κ2) is 6.45. The van der Waals surface area contributed by atoms with Crippen LogP contribution in [0.3, 0.4) is 0 Å². The van der Waals surface area contributed by atoms with Crippen molar-refractivity contribution in [2.75, 3.05) is 27.2 Å². The quantitative estimate of drug-likeness (QED) is 0.907. The first-order valence-electron chi connectivity index (χ1n) is 6.81. The smallest absolute Gasteiger partial charge is 0.312 e. The molecule has 0 amide bonds. The molecule has 1 atom stereocenters. The summed E-state index contributed by atoms with van der Waals surface area (Å²) in [5.41, 5.74) is 1.02. The predicted molar refractivity (Wildman–Crippen MR) is 79.3 cm³/mol. The third-order valence-electron chi connectivity index (χ3n) is 3.49. The molecule has 21 heavy (non-hydrogen) atoms. The fourth-order valence-electron chi connectivity index (χ4n) is 2.58. The lowest BCUT2D eigenvalue weighted by atomic mass is 9.98. The van der Waals surface area contributed by atoms with E-state index in [1.165, 1.54) is 11.9 Å². The first-order valence-corrected chi connectivity index (χ1v) is 6.81. The van der Waals surface area contributed by atoms with Gasteiger partial charge in [0.2, 0.25) is 0 Å². The average molecular weight is 296 g/mol. The summed E-state index contributed by atoms with van der Waals surface area (Å²) in [6.07, 6.45) is -4.17. The maximum atomic E-state index is 12.5. The number of alkyl halides is 3. The molecule has 114 valence electrons. The molecule has 2 aromatic carbocycles. The number of hydrogen-bond donors (Lipinski definition) is 1. The number of nitrogens with one attached hydrogen (secondary N) is 1. The largest absolute Gasteiger partial charge is 0.401 e. The number of likely N-dealkylation sites (N-methyl/N-ethyl adjacent to an activating group) is 2. The summed E-state index contributed by atoms with van der Waals surface area (Å²) in [5.74, 6) is 0. The topological polar surface area (TPSA) is 15.3 Å². The Balaban J connectivity index is 2.24. The standard InChI is InChI=1S/C16H19F3N2/c1-20-15(10-21(2)11-16(17,18)19)14-9-5-7-12-6-3-4-8-13(12)14/h3-9,15,20H,10-11H2,1-2H3. The Morgan fingerprint density at radius 3 is 2.43 bits per heavy atom. The molecule has 5 heteroatoms. The van der Waals surface area contributed by atoms with Crippen LogP contribution in [0.15, 0.2) is 42.5 Å². The normalized spacial score (nSPS) is 13.8. The van der Waals surface area contributed by atoms with Gasteiger partial charge in [-0.3, -0.25) is 4.90 Å². The average Bonchev–Trinajstić information content (AvgIpc) is 2.42. The molecule has 0 aromatic heterocycles. The molecule has 0 aliphatic carbocycles. The Kier molecular flexibility index (Phi) is 4.85. The molecule has 0 aliphatic heterocycles. The van der Waals surface area contributed by atoms with Gasteiger partial charge in [-0.2, -0.15) is 13.2 Å². The van der Waals surface area contributed by atoms with Crippen LogP contribution < -0.4 is 5.32 Å². The number of hydrogen-bond acceptors (Lipinski definition) is 2. The minimum absolute atomic E-state index is 0.150. The maximum Gasteiger partial charge on any atom is 0.401 e. The van der Waals surface area contributed by atoms with Crippen molar-refractivity contribution in [3.63, 3.8) is 0 Å². The SMILES string of the molecule is CNC(CN(C)CC(F)(F)F)c1cccc2ccccc12. The zero-order chi connectivity index (χ0) is 15.5. The van der Waals surface area contributed by atoms with E-state index in [9.17, 15) is 13.2 Å². The third kappa shape index (κ3) is 4.19. The van der Waals surface area contributed by atoms with Crippen molar-refractivity contribution in [1.82, 2.24) is 10.2 Å². The van der Waals surface area contributed by atoms with Crippen molar-refractivity contribution in [1.29, 1.82) is 0 Å². The Labute approximate surface area is 122 Å². The van der Waals surface area contributed by atoms with Gasteiger partial charge in [0, 0.05) is 12.6 Å². The molecule has 0 aliphatic rings. The van der Waals surface area contributed by atoms with Gasteiger partial charge in [0.25, 0.3) is 0 Å². The van der Waals surface area contributed by atoms with Gasteiger partial charge < -0.3 is 5.32 Å². The molecular weight excluding hydrogens is 277 g/mol. The van der Waals surface area contributed by atoms with Gasteiger partial charge in [0.1, 0.15) is 0 Å². The van der Waals surface area contributed by atoms with Crippen molar-refractivity contribution < 1.29 is 13.2 Å². The van der Waals surface area contributed by atoms with Gasteiger partial charge in [-0.05, 0) is 30.4 Å². The van der Waals surface area contributed by atoms with Crippen LogP contribution in [0.1, 0.15) is 11.6 Å². The van der Waals surface area contributed by atoms with Crippen LogP contribution in [0.2, 0.25) is 0 Å². The molecule has 0 spiro atoms. The van der Waals surface area contributed by atoms with Crippen molar-refractivity contribution >= 4 is 10.8 Å². The van der Waals surface area contributed by atoms with Crippen LogP contribution in [-0.4, -0.2) is 38.3 Å². The van der Waals surface area contributed by atoms with Gasteiger partial charge in [-0.1, -0.05) is 42.5 Å². The first kappa shape index (κ1) is 15.8. The van der Waals surface area contributed by atoms with Gasteiger partial charge in [0.05, 0.1) is 6.54 Å². The Bertz CT molecular complexity index is 590. The Morgan fingerprint density at radius 2 is 1.76 bits per heavy atom. The number of halogens is 3. The highest BCUT2D eigenvalue weighted by atomic mass is 19.4. The van der Waals surface area contributed by atoms with Gasteiger partial charge in [-0.15, -0.1) is 0 Å². The van der Waals surface area contributed by atoms with E-state index in [2.05, 4.69) is 5.32 Å². The summed E-state index contributed by atoms with van der Waals surface area (Å²) >= 11 is 0. The third-order valence-corrected chi connectivity index (χ3v) is 3.49. The van der Waals surface area contributed by atoms with Crippen molar-refractivity contribution in [3.8, 4) is 0 Å². The van der Waals surface area contributed by atoms with E-state index < -0.39 is 12.7 Å². The number of fused-ring (bicyclic) bond motifs is 1. The zero-order valence-corrected chi connectivity index (χ0v) is 12.1. The lowest BCUT2D eigenvalue weighted by Gasteiger charge is -2.25. The van der Waals surface area contributed by atoms with Gasteiger partial charge in [0.15, 0.2) is 0 Å². The second-order valence-electron chi connectivity index (χ2n) is 5.22. The number of benzene rings is 2. The van der Waals surface area contributed by atoms with E-state index in [0.29, 0.717) is 6.54 Å². The maximum absolute atomic E-state index is 12.5. The number of nitrogens with zero attached hydrogens (tertiary/aromatic N) is 1. The monoisotopic (exact) mass is 296 g/mol. The molecule has 0 saturated heterocycles. The zero-order valence-electron chi connectivity index (χ0n) is 12.1. The lowest BCUT2D eigenvalue weighted by Crippen LogP contribution is -2.37. The molecule has 0 heterocycles. The summed E-state index contributed by atoms with van der Waals surface area (Å²) in [6, 6.07) is 13.7. The molecule has 0 saturated carbocycles. The highest BCUT2D eigenvalue weighted by molar-refractivity contribution is 5.86. The van der Waals surface area contributed by atoms with Gasteiger partial charge >= 0.3 is 6.18 Å². The summed E-state index contributed by atoms with van der Waals surface area (Å²) in [4.78, 5) is 1.29. The Morgan fingerprint density at radius 1 is 1.10 bits per heavy atom. The van der Waals surface area contributed by atoms with E-state index in [4.69, 9.17) is 0 Å². The fourth-order valence-corrected chi connectivity index (χ4v) is 2.58. The van der Waals surface area contributed by atoms with Gasteiger partial charge in [-0.25, -0.2) is 0 Å². The van der Waals surface area contributed by atoms with Crippen LogP contribution in [0.4, 0.5) is 13.2 Å². The van der Waals surface area contributed by atoms with Crippen molar-refractivity contribution in [2.45, 2.75) is 12.2 Å². The van der Waals surface area contributed by atoms with E-state index in [1.807, 2.05) is 42.5 Å². The predicted octanol–water partition coefficient (Wildman–Crippen LogP) is 3.59. The van der Waals surface area contributed by atoms with Crippen LogP contribution in [0.5, 0.6) is 0 Å². The van der Waals surface area contributed by atoms with Crippen LogP contribution in [0.25, 0.3) is 10.8 Å². The molecule has 2 aromatic rings. The molecule has 0 fully saturated rings. The minimum Gasteiger partial charge on any atom is -0.312 e. The Hall–Kier alpha value is -1.59. The summed E-state index contributed by atoms with van der Waals surface area (Å²) < 4.78 is 37.4. The van der Waals surface area contributed by atoms with E-state index in [0.717, 1.165) is 16.3 Å². The summed E-state index contributed by atoms with van der Waals surface area (Å²) in [5, 5.41) is 5.28. The van der Waals surface area contributed by atoms with Crippen LogP contribution in [-0.2, 0) is 0 Å². The fraction of sp³-hybridized carbons (Fsp3) is 0.375. The lowest BCUT2D eigenvalue weighted by molar-refractivity contribution is -0.143. The first-order chi connectivity index (χ1) is 9.90. The van der Waals surface area contributed by atoms with Crippen molar-refractivity contribution in [3.05, 3.63) is 48.0 Å². The highest BCUT2D eigenvalue weighted by Gasteiger charge is 2.30. The summed E-state index contributed by atoms with van der Waals surface area (Å²) in [7, 11) is 3.26. The van der Waals surface area contributed by atoms with Crippen LogP contribution >= 0.6 is 0 Å². The summed E-state index contributed by atoms with van der Waals surface area (Å²) in [6.45, 7) is -0.611. The molecule has 1 N–H and O–H groups in total.